The van der Waals surface area contributed by atoms with E-state index in [1.54, 1.807) is 0 Å². The summed E-state index contributed by atoms with van der Waals surface area (Å²) in [5.74, 6) is -0.274. The minimum absolute atomic E-state index is 0. The maximum Gasteiger partial charge on any atom is 0.191 e. The second-order valence-electron chi connectivity index (χ2n) is 5.72. The molecule has 1 aromatic rings. The number of benzene rings is 1. The second-order valence-corrected chi connectivity index (χ2v) is 6.86. The first-order valence-corrected chi connectivity index (χ1v) is 9.43. The molecule has 0 saturated heterocycles. The van der Waals surface area contributed by atoms with Crippen LogP contribution < -0.4 is 10.6 Å². The van der Waals surface area contributed by atoms with E-state index in [4.69, 9.17) is 0 Å². The van der Waals surface area contributed by atoms with Crippen LogP contribution in [0.25, 0.3) is 0 Å². The van der Waals surface area contributed by atoms with Gasteiger partial charge in [-0.1, -0.05) is 6.07 Å². The van der Waals surface area contributed by atoms with Crippen LogP contribution in [0.3, 0.4) is 0 Å². The molecule has 2 unspecified atom stereocenters. The molecule has 1 fully saturated rings. The summed E-state index contributed by atoms with van der Waals surface area (Å²) in [7, 11) is 0. The molecule has 0 aliphatic heterocycles. The van der Waals surface area contributed by atoms with Crippen LogP contribution in [0, 0.1) is 11.6 Å². The van der Waals surface area contributed by atoms with Crippen molar-refractivity contribution in [2.75, 3.05) is 19.3 Å². The van der Waals surface area contributed by atoms with Crippen LogP contribution in [-0.2, 0) is 6.42 Å². The highest BCUT2D eigenvalue weighted by molar-refractivity contribution is 14.0. The molecule has 2 atom stereocenters. The van der Waals surface area contributed by atoms with Gasteiger partial charge >= 0.3 is 0 Å². The van der Waals surface area contributed by atoms with E-state index >= 15 is 0 Å². The Labute approximate surface area is 164 Å². The Morgan fingerprint density at radius 1 is 1.29 bits per heavy atom. The molecule has 136 valence electrons. The van der Waals surface area contributed by atoms with Crippen molar-refractivity contribution < 1.29 is 8.78 Å². The lowest BCUT2D eigenvalue weighted by molar-refractivity contribution is 0.555. The summed E-state index contributed by atoms with van der Waals surface area (Å²) in [6, 6.07) is 4.38. The fraction of sp³-hybridized carbons (Fsp3) is 0.588. The zero-order chi connectivity index (χ0) is 16.7. The molecule has 0 bridgehead atoms. The molecule has 1 aliphatic rings. The molecule has 7 heteroatoms. The monoisotopic (exact) mass is 469 g/mol. The van der Waals surface area contributed by atoms with Gasteiger partial charge in [0.1, 0.15) is 11.6 Å². The number of nitrogens with one attached hydrogen (secondary N) is 2. The highest BCUT2D eigenvalue weighted by atomic mass is 127. The number of hydrogen-bond acceptors (Lipinski definition) is 2. The highest BCUT2D eigenvalue weighted by Crippen LogP contribution is 2.28. The normalized spacial score (nSPS) is 20.6. The molecule has 1 saturated carbocycles. The number of guanidine groups is 1. The third-order valence-corrected chi connectivity index (χ3v) is 5.19. The number of halogens is 3. The molecule has 1 aromatic carbocycles. The Balaban J connectivity index is 0.00000288. The van der Waals surface area contributed by atoms with Crippen molar-refractivity contribution in [3.63, 3.8) is 0 Å². The minimum atomic E-state index is -0.503. The summed E-state index contributed by atoms with van der Waals surface area (Å²) >= 11 is 1.91. The lowest BCUT2D eigenvalue weighted by Gasteiger charge is -2.17. The van der Waals surface area contributed by atoms with Crippen molar-refractivity contribution in [3.05, 3.63) is 35.4 Å². The zero-order valence-electron chi connectivity index (χ0n) is 14.1. The average molecular weight is 469 g/mol. The predicted molar refractivity (Wildman–Crippen MR) is 110 cm³/mol. The Hall–Kier alpha value is -0.570. The topological polar surface area (TPSA) is 36.4 Å². The summed E-state index contributed by atoms with van der Waals surface area (Å²) < 4.78 is 27.2. The largest absolute Gasteiger partial charge is 0.357 e. The average Bonchev–Trinajstić information content (AvgIpc) is 2.98. The SMILES string of the molecule is CCNC(=NCCc1c(F)cccc1F)NC1CCC(SC)C1.I. The maximum absolute atomic E-state index is 13.6. The molecule has 2 N–H and O–H groups in total. The van der Waals surface area contributed by atoms with Crippen LogP contribution in [0.1, 0.15) is 31.7 Å². The zero-order valence-corrected chi connectivity index (χ0v) is 17.3. The molecule has 0 amide bonds. The van der Waals surface area contributed by atoms with Crippen LogP contribution in [0.15, 0.2) is 23.2 Å². The van der Waals surface area contributed by atoms with E-state index in [2.05, 4.69) is 21.9 Å². The third kappa shape index (κ3) is 6.38. The highest BCUT2D eigenvalue weighted by Gasteiger charge is 2.24. The van der Waals surface area contributed by atoms with Gasteiger partial charge in [0.25, 0.3) is 0 Å². The fourth-order valence-corrected chi connectivity index (χ4v) is 3.65. The van der Waals surface area contributed by atoms with Gasteiger partial charge in [-0.25, -0.2) is 8.78 Å². The summed E-state index contributed by atoms with van der Waals surface area (Å²) in [6.45, 7) is 3.12. The fourth-order valence-electron chi connectivity index (χ4n) is 2.85. The van der Waals surface area contributed by atoms with E-state index in [9.17, 15) is 8.78 Å². The Kier molecular flexibility index (Phi) is 9.95. The lowest BCUT2D eigenvalue weighted by Crippen LogP contribution is -2.42. The molecular formula is C17H26F2IN3S. The van der Waals surface area contributed by atoms with Crippen LogP contribution in [-0.4, -0.2) is 36.6 Å². The molecule has 3 nitrogen and oxygen atoms in total. The third-order valence-electron chi connectivity index (χ3n) is 4.10. The first kappa shape index (κ1) is 21.5. The van der Waals surface area contributed by atoms with Gasteiger partial charge in [0.05, 0.1) is 0 Å². The molecule has 0 heterocycles. The van der Waals surface area contributed by atoms with E-state index in [0.717, 1.165) is 25.3 Å². The van der Waals surface area contributed by atoms with Gasteiger partial charge in [0, 0.05) is 29.9 Å². The second kappa shape index (κ2) is 11.1. The maximum atomic E-state index is 13.6. The van der Waals surface area contributed by atoms with E-state index in [1.165, 1.54) is 24.6 Å². The van der Waals surface area contributed by atoms with Gasteiger partial charge in [-0.2, -0.15) is 11.8 Å². The van der Waals surface area contributed by atoms with Crippen LogP contribution >= 0.6 is 35.7 Å². The number of nitrogens with zero attached hydrogens (tertiary/aromatic N) is 1. The van der Waals surface area contributed by atoms with Crippen LogP contribution in [0.2, 0.25) is 0 Å². The summed E-state index contributed by atoms with van der Waals surface area (Å²) in [6.07, 6.45) is 5.90. The molecular weight excluding hydrogens is 443 g/mol. The lowest BCUT2D eigenvalue weighted by atomic mass is 10.1. The standard InChI is InChI=1S/C17H25F2N3S.HI/c1-3-20-17(22-12-7-8-13(11-12)23-2)21-10-9-14-15(18)5-4-6-16(14)19;/h4-6,12-13H,3,7-11H2,1-2H3,(H2,20,21,22);1H. The Morgan fingerprint density at radius 2 is 2.00 bits per heavy atom. The van der Waals surface area contributed by atoms with Crippen molar-refractivity contribution in [1.29, 1.82) is 0 Å². The molecule has 0 radical (unpaired) electrons. The summed E-state index contributed by atoms with van der Waals surface area (Å²) in [5, 5.41) is 7.35. The van der Waals surface area contributed by atoms with E-state index in [-0.39, 0.29) is 36.0 Å². The molecule has 0 spiro atoms. The molecule has 1 aliphatic carbocycles. The molecule has 24 heavy (non-hydrogen) atoms. The van der Waals surface area contributed by atoms with Gasteiger partial charge < -0.3 is 10.6 Å². The van der Waals surface area contributed by atoms with Gasteiger partial charge in [0.2, 0.25) is 0 Å². The first-order valence-electron chi connectivity index (χ1n) is 8.14. The van der Waals surface area contributed by atoms with Gasteiger partial charge in [-0.15, -0.1) is 24.0 Å². The smallest absolute Gasteiger partial charge is 0.191 e. The summed E-state index contributed by atoms with van der Waals surface area (Å²) in [4.78, 5) is 4.46. The van der Waals surface area contributed by atoms with Gasteiger partial charge in [-0.05, 0) is 51.0 Å². The van der Waals surface area contributed by atoms with Crippen molar-refractivity contribution in [1.82, 2.24) is 10.6 Å². The Morgan fingerprint density at radius 3 is 2.58 bits per heavy atom. The first-order chi connectivity index (χ1) is 11.1. The van der Waals surface area contributed by atoms with Crippen LogP contribution in [0.5, 0.6) is 0 Å². The van der Waals surface area contributed by atoms with Gasteiger partial charge in [-0.3, -0.25) is 4.99 Å². The number of thioether (sulfide) groups is 1. The van der Waals surface area contributed by atoms with Crippen molar-refractivity contribution >= 4 is 41.7 Å². The predicted octanol–water partition coefficient (Wildman–Crippen LogP) is 3.96. The number of hydrogen-bond donors (Lipinski definition) is 2. The quantitative estimate of drug-likeness (QED) is 0.376. The van der Waals surface area contributed by atoms with Crippen molar-refractivity contribution in [3.8, 4) is 0 Å². The van der Waals surface area contributed by atoms with E-state index in [1.807, 2.05) is 18.7 Å². The number of rotatable bonds is 6. The molecule has 0 aromatic heterocycles. The summed E-state index contributed by atoms with van der Waals surface area (Å²) in [5.41, 5.74) is 0.107. The van der Waals surface area contributed by atoms with Crippen molar-refractivity contribution in [2.24, 2.45) is 4.99 Å². The van der Waals surface area contributed by atoms with E-state index in [0.29, 0.717) is 17.8 Å². The number of aliphatic imine (C=N–C) groups is 1. The Bertz CT molecular complexity index is 522. The minimum Gasteiger partial charge on any atom is -0.357 e. The van der Waals surface area contributed by atoms with Gasteiger partial charge in [0.15, 0.2) is 5.96 Å². The van der Waals surface area contributed by atoms with E-state index < -0.39 is 11.6 Å². The molecule has 2 rings (SSSR count). The van der Waals surface area contributed by atoms with Crippen molar-refractivity contribution in [2.45, 2.75) is 43.9 Å². The van der Waals surface area contributed by atoms with Crippen LogP contribution in [0.4, 0.5) is 8.78 Å².